The Labute approximate surface area is 165 Å². The van der Waals surface area contributed by atoms with Crippen molar-refractivity contribution >= 4 is 17.6 Å². The minimum Gasteiger partial charge on any atom is -0.333 e. The number of rotatable bonds is 7. The highest BCUT2D eigenvalue weighted by atomic mass is 19.1. The third-order valence-corrected chi connectivity index (χ3v) is 4.86. The van der Waals surface area contributed by atoms with Gasteiger partial charge in [-0.25, -0.2) is 9.18 Å². The molecule has 0 aliphatic carbocycles. The third-order valence-electron chi connectivity index (χ3n) is 4.86. The zero-order valence-electron chi connectivity index (χ0n) is 16.1. The van der Waals surface area contributed by atoms with E-state index in [0.717, 1.165) is 18.4 Å². The molecule has 1 N–H and O–H groups in total. The molecule has 2 aromatic carbocycles. The molecule has 0 radical (unpaired) electrons. The van der Waals surface area contributed by atoms with Crippen LogP contribution in [-0.2, 0) is 11.3 Å². The standard InChI is InChI=1S/C22H26FN3O2/c1-2-3-12-25(15-17-8-5-4-6-9-17)22(28)24-19-14-21(27)26(16-19)20-11-7-10-18(23)13-20/h4-11,13,19H,2-3,12,14-16H2,1H3,(H,24,28). The zero-order valence-corrected chi connectivity index (χ0v) is 16.1. The number of nitrogens with one attached hydrogen (secondary N) is 1. The molecule has 2 aromatic rings. The van der Waals surface area contributed by atoms with Gasteiger partial charge in [-0.3, -0.25) is 4.79 Å². The Kier molecular flexibility index (Phi) is 6.63. The number of hydrogen-bond acceptors (Lipinski definition) is 2. The maximum absolute atomic E-state index is 13.5. The van der Waals surface area contributed by atoms with E-state index in [0.29, 0.717) is 25.3 Å². The molecule has 0 saturated carbocycles. The summed E-state index contributed by atoms with van der Waals surface area (Å²) in [5, 5.41) is 2.98. The molecule has 1 saturated heterocycles. The number of nitrogens with zero attached hydrogens (tertiary/aromatic N) is 2. The molecule has 6 heteroatoms. The molecule has 1 fully saturated rings. The first kappa shape index (κ1) is 19.9. The Hall–Kier alpha value is -2.89. The lowest BCUT2D eigenvalue weighted by Gasteiger charge is -2.25. The Bertz CT molecular complexity index is 812. The molecule has 28 heavy (non-hydrogen) atoms. The fourth-order valence-electron chi connectivity index (χ4n) is 3.37. The van der Waals surface area contributed by atoms with Crippen LogP contribution >= 0.6 is 0 Å². The second kappa shape index (κ2) is 9.35. The van der Waals surface area contributed by atoms with Crippen molar-refractivity contribution < 1.29 is 14.0 Å². The number of unbranched alkanes of at least 4 members (excludes halogenated alkanes) is 1. The summed E-state index contributed by atoms with van der Waals surface area (Å²) in [6.07, 6.45) is 2.13. The number of hydrogen-bond donors (Lipinski definition) is 1. The summed E-state index contributed by atoms with van der Waals surface area (Å²) in [7, 11) is 0. The molecule has 3 amide bonds. The summed E-state index contributed by atoms with van der Waals surface area (Å²) in [5.74, 6) is -0.495. The van der Waals surface area contributed by atoms with Crippen LogP contribution in [0, 0.1) is 5.82 Å². The summed E-state index contributed by atoms with van der Waals surface area (Å²) in [6, 6.07) is 15.4. The van der Waals surface area contributed by atoms with E-state index >= 15 is 0 Å². The predicted molar refractivity (Wildman–Crippen MR) is 107 cm³/mol. The van der Waals surface area contributed by atoms with Gasteiger partial charge in [0.05, 0.1) is 6.04 Å². The van der Waals surface area contributed by atoms with E-state index in [1.165, 1.54) is 17.0 Å². The van der Waals surface area contributed by atoms with Gasteiger partial charge in [-0.1, -0.05) is 49.7 Å². The van der Waals surface area contributed by atoms with Gasteiger partial charge < -0.3 is 15.1 Å². The highest BCUT2D eigenvalue weighted by molar-refractivity contribution is 5.96. The van der Waals surface area contributed by atoms with Gasteiger partial charge in [-0.2, -0.15) is 0 Å². The van der Waals surface area contributed by atoms with Gasteiger partial charge in [0.2, 0.25) is 5.91 Å². The van der Waals surface area contributed by atoms with E-state index < -0.39 is 0 Å². The summed E-state index contributed by atoms with van der Waals surface area (Å²) in [4.78, 5) is 28.5. The van der Waals surface area contributed by atoms with Crippen LogP contribution in [0.5, 0.6) is 0 Å². The van der Waals surface area contributed by atoms with Crippen LogP contribution in [0.1, 0.15) is 31.7 Å². The topological polar surface area (TPSA) is 52.7 Å². The Morgan fingerprint density at radius 1 is 1.21 bits per heavy atom. The minimum absolute atomic E-state index is 0.112. The highest BCUT2D eigenvalue weighted by Crippen LogP contribution is 2.22. The number of carbonyl (C=O) groups is 2. The summed E-state index contributed by atoms with van der Waals surface area (Å²) in [6.45, 7) is 3.62. The molecule has 148 valence electrons. The average molecular weight is 383 g/mol. The molecular formula is C22H26FN3O2. The van der Waals surface area contributed by atoms with Crippen molar-refractivity contribution in [2.75, 3.05) is 18.0 Å². The van der Waals surface area contributed by atoms with Crippen LogP contribution in [0.2, 0.25) is 0 Å². The third kappa shape index (κ3) is 5.09. The van der Waals surface area contributed by atoms with Crippen molar-refractivity contribution in [1.82, 2.24) is 10.2 Å². The molecule has 0 bridgehead atoms. The van der Waals surface area contributed by atoms with Gasteiger partial charge >= 0.3 is 6.03 Å². The van der Waals surface area contributed by atoms with E-state index in [1.807, 2.05) is 30.3 Å². The maximum atomic E-state index is 13.5. The first-order valence-corrected chi connectivity index (χ1v) is 9.72. The fourth-order valence-corrected chi connectivity index (χ4v) is 3.37. The molecule has 1 aliphatic rings. The number of halogens is 1. The van der Waals surface area contributed by atoms with E-state index in [9.17, 15) is 14.0 Å². The second-order valence-electron chi connectivity index (χ2n) is 7.10. The van der Waals surface area contributed by atoms with Crippen molar-refractivity contribution in [3.05, 3.63) is 66.0 Å². The molecule has 3 rings (SSSR count). The van der Waals surface area contributed by atoms with E-state index in [2.05, 4.69) is 12.2 Å². The van der Waals surface area contributed by atoms with Crippen LogP contribution in [0.15, 0.2) is 54.6 Å². The fraction of sp³-hybridized carbons (Fsp3) is 0.364. The maximum Gasteiger partial charge on any atom is 0.317 e. The van der Waals surface area contributed by atoms with Crippen molar-refractivity contribution in [2.24, 2.45) is 0 Å². The van der Waals surface area contributed by atoms with Crippen LogP contribution in [0.4, 0.5) is 14.9 Å². The molecule has 0 spiro atoms. The molecule has 5 nitrogen and oxygen atoms in total. The molecule has 0 aromatic heterocycles. The lowest BCUT2D eigenvalue weighted by Crippen LogP contribution is -2.45. The number of urea groups is 1. The van der Waals surface area contributed by atoms with Gasteiger partial charge in [-0.05, 0) is 30.2 Å². The number of benzene rings is 2. The van der Waals surface area contributed by atoms with Gasteiger partial charge in [0.25, 0.3) is 0 Å². The molecular weight excluding hydrogens is 357 g/mol. The Balaban J connectivity index is 1.63. The molecule has 1 heterocycles. The largest absolute Gasteiger partial charge is 0.333 e. The summed E-state index contributed by atoms with van der Waals surface area (Å²) in [5.41, 5.74) is 1.59. The van der Waals surface area contributed by atoms with Crippen molar-refractivity contribution in [2.45, 2.75) is 38.8 Å². The second-order valence-corrected chi connectivity index (χ2v) is 7.10. The van der Waals surface area contributed by atoms with Gasteiger partial charge in [0.1, 0.15) is 5.82 Å². The molecule has 1 atom stereocenters. The smallest absolute Gasteiger partial charge is 0.317 e. The monoisotopic (exact) mass is 383 g/mol. The van der Waals surface area contributed by atoms with Crippen molar-refractivity contribution in [3.8, 4) is 0 Å². The SMILES string of the molecule is CCCCN(Cc1ccccc1)C(=O)NC1CC(=O)N(c2cccc(F)c2)C1. The van der Waals surface area contributed by atoms with E-state index in [1.54, 1.807) is 17.0 Å². The highest BCUT2D eigenvalue weighted by Gasteiger charge is 2.32. The first-order chi connectivity index (χ1) is 13.6. The van der Waals surface area contributed by atoms with Gasteiger partial charge in [0, 0.05) is 31.7 Å². The molecule has 1 unspecified atom stereocenters. The molecule has 1 aliphatic heterocycles. The van der Waals surface area contributed by atoms with Crippen LogP contribution in [0.3, 0.4) is 0 Å². The van der Waals surface area contributed by atoms with Crippen molar-refractivity contribution in [3.63, 3.8) is 0 Å². The lowest BCUT2D eigenvalue weighted by molar-refractivity contribution is -0.117. The predicted octanol–water partition coefficient (Wildman–Crippen LogP) is 3.94. The minimum atomic E-state index is -0.383. The normalized spacial score (nSPS) is 16.3. The zero-order chi connectivity index (χ0) is 19.9. The van der Waals surface area contributed by atoms with Gasteiger partial charge in [0.15, 0.2) is 0 Å². The van der Waals surface area contributed by atoms with Crippen LogP contribution in [-0.4, -0.2) is 36.0 Å². The quantitative estimate of drug-likeness (QED) is 0.787. The number of anilines is 1. The number of amides is 3. The van der Waals surface area contributed by atoms with Crippen LogP contribution in [0.25, 0.3) is 0 Å². The van der Waals surface area contributed by atoms with E-state index in [4.69, 9.17) is 0 Å². The Morgan fingerprint density at radius 2 is 2.00 bits per heavy atom. The van der Waals surface area contributed by atoms with Gasteiger partial charge in [-0.15, -0.1) is 0 Å². The first-order valence-electron chi connectivity index (χ1n) is 9.72. The summed E-state index contributed by atoms with van der Waals surface area (Å²) < 4.78 is 13.5. The average Bonchev–Trinajstić information content (AvgIpc) is 3.06. The Morgan fingerprint density at radius 3 is 2.71 bits per heavy atom. The van der Waals surface area contributed by atoms with E-state index in [-0.39, 0.29) is 30.2 Å². The lowest BCUT2D eigenvalue weighted by atomic mass is 10.2. The number of carbonyl (C=O) groups excluding carboxylic acids is 2. The van der Waals surface area contributed by atoms with Crippen molar-refractivity contribution in [1.29, 1.82) is 0 Å². The summed E-state index contributed by atoms with van der Waals surface area (Å²) >= 11 is 0. The van der Waals surface area contributed by atoms with Crippen LogP contribution < -0.4 is 10.2 Å².